The number of benzene rings is 1. The first-order chi connectivity index (χ1) is 7.63. The predicted octanol–water partition coefficient (Wildman–Crippen LogP) is 3.40. The molecular formula is C11H11Cl2NO2. The molecule has 0 fully saturated rings. The summed E-state index contributed by atoms with van der Waals surface area (Å²) in [7, 11) is 0. The topological polar surface area (TPSA) is 38.3 Å². The molecule has 0 radical (unpaired) electrons. The largest absolute Gasteiger partial charge is 0.462 e. The van der Waals surface area contributed by atoms with Gasteiger partial charge in [-0.15, -0.1) is 0 Å². The van der Waals surface area contributed by atoms with Gasteiger partial charge in [0.05, 0.1) is 6.61 Å². The molecule has 16 heavy (non-hydrogen) atoms. The molecule has 0 aromatic heterocycles. The second kappa shape index (κ2) is 6.40. The van der Waals surface area contributed by atoms with Crippen LogP contribution in [0.15, 0.2) is 35.5 Å². The zero-order chi connectivity index (χ0) is 12.0. The summed E-state index contributed by atoms with van der Waals surface area (Å²) in [6.45, 7) is 2.01. The van der Waals surface area contributed by atoms with Crippen LogP contribution >= 0.6 is 23.2 Å². The molecule has 0 aliphatic rings. The van der Waals surface area contributed by atoms with Crippen LogP contribution in [0.4, 0.5) is 5.69 Å². The van der Waals surface area contributed by atoms with Gasteiger partial charge in [0.2, 0.25) is 0 Å². The maximum atomic E-state index is 11.1. The summed E-state index contributed by atoms with van der Waals surface area (Å²) in [5.41, 5.74) is 0.784. The lowest BCUT2D eigenvalue weighted by molar-refractivity contribution is -0.137. The van der Waals surface area contributed by atoms with Gasteiger partial charge in [-0.05, 0) is 31.2 Å². The third-order valence-corrected chi connectivity index (χ3v) is 2.20. The average Bonchev–Trinajstić information content (AvgIpc) is 2.28. The van der Waals surface area contributed by atoms with Crippen LogP contribution in [0.1, 0.15) is 6.92 Å². The van der Waals surface area contributed by atoms with Crippen molar-refractivity contribution in [2.45, 2.75) is 6.92 Å². The number of halogens is 2. The summed E-state index contributed by atoms with van der Waals surface area (Å²) in [5, 5.41) is 3.50. The van der Waals surface area contributed by atoms with E-state index in [9.17, 15) is 4.79 Å². The van der Waals surface area contributed by atoms with E-state index in [2.05, 4.69) is 5.32 Å². The molecule has 1 aromatic carbocycles. The van der Waals surface area contributed by atoms with E-state index in [-0.39, 0.29) is 5.03 Å². The molecule has 1 rings (SSSR count). The summed E-state index contributed by atoms with van der Waals surface area (Å²) in [6, 6.07) is 7.01. The van der Waals surface area contributed by atoms with Crippen LogP contribution in [-0.2, 0) is 9.53 Å². The van der Waals surface area contributed by atoms with Gasteiger partial charge in [0.25, 0.3) is 0 Å². The number of rotatable bonds is 4. The maximum absolute atomic E-state index is 11.1. The molecule has 86 valence electrons. The van der Waals surface area contributed by atoms with Crippen molar-refractivity contribution in [3.8, 4) is 0 Å². The first-order valence-electron chi connectivity index (χ1n) is 4.68. The lowest BCUT2D eigenvalue weighted by Gasteiger charge is -2.02. The smallest absolute Gasteiger partial charge is 0.351 e. The monoisotopic (exact) mass is 259 g/mol. The molecule has 0 spiro atoms. The summed E-state index contributed by atoms with van der Waals surface area (Å²) in [5.74, 6) is -0.550. The Kier molecular flexibility index (Phi) is 5.15. The van der Waals surface area contributed by atoms with Crippen molar-refractivity contribution in [1.29, 1.82) is 0 Å². The van der Waals surface area contributed by atoms with E-state index in [1.165, 1.54) is 6.20 Å². The van der Waals surface area contributed by atoms with Crippen LogP contribution in [-0.4, -0.2) is 12.6 Å². The summed E-state index contributed by atoms with van der Waals surface area (Å²) in [4.78, 5) is 11.1. The van der Waals surface area contributed by atoms with Crippen molar-refractivity contribution in [3.63, 3.8) is 0 Å². The number of carbonyl (C=O) groups is 1. The van der Waals surface area contributed by atoms with Gasteiger partial charge in [-0.25, -0.2) is 4.79 Å². The van der Waals surface area contributed by atoms with Crippen LogP contribution in [0.2, 0.25) is 5.02 Å². The van der Waals surface area contributed by atoms with Crippen LogP contribution in [0, 0.1) is 0 Å². The Morgan fingerprint density at radius 2 is 2.06 bits per heavy atom. The van der Waals surface area contributed by atoms with E-state index < -0.39 is 5.97 Å². The van der Waals surface area contributed by atoms with E-state index >= 15 is 0 Å². The van der Waals surface area contributed by atoms with E-state index in [1.54, 1.807) is 31.2 Å². The van der Waals surface area contributed by atoms with Gasteiger partial charge < -0.3 is 10.1 Å². The third-order valence-electron chi connectivity index (χ3n) is 1.68. The molecule has 1 N–H and O–H groups in total. The van der Waals surface area contributed by atoms with Gasteiger partial charge >= 0.3 is 5.97 Å². The van der Waals surface area contributed by atoms with E-state index in [0.29, 0.717) is 11.6 Å². The van der Waals surface area contributed by atoms with Crippen molar-refractivity contribution in [2.75, 3.05) is 11.9 Å². The van der Waals surface area contributed by atoms with Gasteiger partial charge in [0, 0.05) is 16.9 Å². The maximum Gasteiger partial charge on any atom is 0.351 e. The normalized spacial score (nSPS) is 11.1. The molecule has 0 bridgehead atoms. The molecule has 1 aromatic rings. The fourth-order valence-electron chi connectivity index (χ4n) is 0.952. The quantitative estimate of drug-likeness (QED) is 0.666. The van der Waals surface area contributed by atoms with Crippen LogP contribution in [0.5, 0.6) is 0 Å². The number of ether oxygens (including phenoxy) is 1. The molecular weight excluding hydrogens is 249 g/mol. The Morgan fingerprint density at radius 3 is 2.62 bits per heavy atom. The third kappa shape index (κ3) is 4.13. The van der Waals surface area contributed by atoms with Gasteiger partial charge in [-0.3, -0.25) is 0 Å². The summed E-state index contributed by atoms with van der Waals surface area (Å²) in [6.07, 6.45) is 1.38. The van der Waals surface area contributed by atoms with Gasteiger partial charge in [-0.1, -0.05) is 23.2 Å². The predicted molar refractivity (Wildman–Crippen MR) is 65.6 cm³/mol. The van der Waals surface area contributed by atoms with Crippen LogP contribution < -0.4 is 5.32 Å². The second-order valence-electron chi connectivity index (χ2n) is 2.86. The van der Waals surface area contributed by atoms with Crippen molar-refractivity contribution < 1.29 is 9.53 Å². The van der Waals surface area contributed by atoms with Crippen molar-refractivity contribution in [1.82, 2.24) is 0 Å². The number of carbonyl (C=O) groups excluding carboxylic acids is 1. The highest BCUT2D eigenvalue weighted by molar-refractivity contribution is 6.41. The highest BCUT2D eigenvalue weighted by Crippen LogP contribution is 2.14. The molecule has 3 nitrogen and oxygen atoms in total. The Morgan fingerprint density at radius 1 is 1.44 bits per heavy atom. The van der Waals surface area contributed by atoms with E-state index in [0.717, 1.165) is 5.69 Å². The first-order valence-corrected chi connectivity index (χ1v) is 5.44. The fourth-order valence-corrected chi connectivity index (χ4v) is 1.19. The lowest BCUT2D eigenvalue weighted by atomic mass is 10.3. The summed E-state index contributed by atoms with van der Waals surface area (Å²) < 4.78 is 4.71. The minimum absolute atomic E-state index is 0.00296. The van der Waals surface area contributed by atoms with Crippen molar-refractivity contribution in [2.24, 2.45) is 0 Å². The standard InChI is InChI=1S/C11H11Cl2NO2/c1-2-16-11(15)10(13)7-14-9-5-3-8(12)4-6-9/h3-7,14H,2H2,1H3. The zero-order valence-corrected chi connectivity index (χ0v) is 10.2. The molecule has 0 aliphatic carbocycles. The summed E-state index contributed by atoms with van der Waals surface area (Å²) >= 11 is 11.4. The Bertz CT molecular complexity index is 387. The van der Waals surface area contributed by atoms with Gasteiger partial charge in [-0.2, -0.15) is 0 Å². The number of nitrogens with one attached hydrogen (secondary N) is 1. The SMILES string of the molecule is CCOC(=O)C(Cl)=CNc1ccc(Cl)cc1. The molecule has 0 amide bonds. The average molecular weight is 260 g/mol. The highest BCUT2D eigenvalue weighted by Gasteiger charge is 2.05. The van der Waals surface area contributed by atoms with Crippen molar-refractivity contribution >= 4 is 34.9 Å². The number of hydrogen-bond acceptors (Lipinski definition) is 3. The molecule has 0 saturated carbocycles. The molecule has 0 aliphatic heterocycles. The van der Waals surface area contributed by atoms with Gasteiger partial charge in [0.1, 0.15) is 5.03 Å². The Balaban J connectivity index is 2.58. The lowest BCUT2D eigenvalue weighted by Crippen LogP contribution is -2.05. The van der Waals surface area contributed by atoms with E-state index in [1.807, 2.05) is 0 Å². The molecule has 0 unspecified atom stereocenters. The minimum atomic E-state index is -0.550. The Hall–Kier alpha value is -1.19. The molecule has 0 saturated heterocycles. The first kappa shape index (κ1) is 12.9. The number of esters is 1. The second-order valence-corrected chi connectivity index (χ2v) is 3.71. The number of anilines is 1. The fraction of sp³-hybridized carbons (Fsp3) is 0.182. The minimum Gasteiger partial charge on any atom is -0.462 e. The van der Waals surface area contributed by atoms with Crippen molar-refractivity contribution in [3.05, 3.63) is 40.5 Å². The number of hydrogen-bond donors (Lipinski definition) is 1. The van der Waals surface area contributed by atoms with Crippen LogP contribution in [0.25, 0.3) is 0 Å². The van der Waals surface area contributed by atoms with E-state index in [4.69, 9.17) is 27.9 Å². The van der Waals surface area contributed by atoms with Crippen LogP contribution in [0.3, 0.4) is 0 Å². The molecule has 5 heteroatoms. The highest BCUT2D eigenvalue weighted by atomic mass is 35.5. The molecule has 0 heterocycles. The van der Waals surface area contributed by atoms with Gasteiger partial charge in [0.15, 0.2) is 0 Å². The zero-order valence-electron chi connectivity index (χ0n) is 8.67. The molecule has 0 atom stereocenters. The Labute approximate surface area is 104 Å².